The number of aliphatic hydroxyl groups is 1. The Bertz CT molecular complexity index is 456. The topological polar surface area (TPSA) is 49.2 Å². The summed E-state index contributed by atoms with van der Waals surface area (Å²) < 4.78 is 0. The number of hydrogen-bond acceptors (Lipinski definition) is 4. The Labute approximate surface area is 114 Å². The molecule has 0 aromatic carbocycles. The molecular weight excluding hydrogens is 238 g/mol. The first-order chi connectivity index (χ1) is 9.07. The largest absolute Gasteiger partial charge is 0.389 e. The van der Waals surface area contributed by atoms with E-state index in [2.05, 4.69) is 14.9 Å². The minimum absolute atomic E-state index is 0.388. The van der Waals surface area contributed by atoms with Crippen molar-refractivity contribution >= 4 is 5.95 Å². The average Bonchev–Trinajstić information content (AvgIpc) is 2.36. The lowest BCUT2D eigenvalue weighted by Crippen LogP contribution is -2.53. The molecule has 4 nitrogen and oxygen atoms in total. The molecule has 0 amide bonds. The molecule has 2 fully saturated rings. The summed E-state index contributed by atoms with van der Waals surface area (Å²) in [6, 6.07) is 2.00. The van der Waals surface area contributed by atoms with Crippen LogP contribution >= 0.6 is 0 Å². The van der Waals surface area contributed by atoms with E-state index in [0.717, 1.165) is 49.7 Å². The van der Waals surface area contributed by atoms with E-state index in [9.17, 15) is 5.11 Å². The molecule has 19 heavy (non-hydrogen) atoms. The monoisotopic (exact) mass is 261 g/mol. The molecule has 104 valence electrons. The molecule has 2 heterocycles. The van der Waals surface area contributed by atoms with E-state index in [1.807, 2.05) is 19.9 Å². The molecule has 1 saturated heterocycles. The SMILES string of the molecule is Cc1cc(C)nc(N2CCC3(O)CCCCC3C2)n1. The zero-order valence-electron chi connectivity index (χ0n) is 11.9. The molecule has 1 saturated carbocycles. The molecule has 4 heteroatoms. The fraction of sp³-hybridized carbons (Fsp3) is 0.733. The van der Waals surface area contributed by atoms with Gasteiger partial charge in [0.1, 0.15) is 0 Å². The van der Waals surface area contributed by atoms with Crippen LogP contribution in [0.25, 0.3) is 0 Å². The summed E-state index contributed by atoms with van der Waals surface area (Å²) in [7, 11) is 0. The van der Waals surface area contributed by atoms with Crippen molar-refractivity contribution in [1.29, 1.82) is 0 Å². The van der Waals surface area contributed by atoms with Gasteiger partial charge >= 0.3 is 0 Å². The second kappa shape index (κ2) is 4.75. The lowest BCUT2D eigenvalue weighted by Gasteiger charge is -2.47. The van der Waals surface area contributed by atoms with Crippen LogP contribution in [0.5, 0.6) is 0 Å². The third kappa shape index (κ3) is 2.46. The molecule has 1 aromatic rings. The number of nitrogens with zero attached hydrogens (tertiary/aromatic N) is 3. The van der Waals surface area contributed by atoms with Crippen LogP contribution < -0.4 is 4.90 Å². The third-order valence-electron chi connectivity index (χ3n) is 4.68. The summed E-state index contributed by atoms with van der Waals surface area (Å²) in [6.45, 7) is 5.80. The minimum Gasteiger partial charge on any atom is -0.389 e. The van der Waals surface area contributed by atoms with Crippen LogP contribution in [0.2, 0.25) is 0 Å². The van der Waals surface area contributed by atoms with Crippen LogP contribution in [0.3, 0.4) is 0 Å². The molecular formula is C15H23N3O. The average molecular weight is 261 g/mol. The van der Waals surface area contributed by atoms with Crippen LogP contribution in [0.15, 0.2) is 6.07 Å². The summed E-state index contributed by atoms with van der Waals surface area (Å²) in [4.78, 5) is 11.4. The number of rotatable bonds is 1. The molecule has 0 bridgehead atoms. The molecule has 1 aliphatic heterocycles. The highest BCUT2D eigenvalue weighted by Gasteiger charge is 2.43. The summed E-state index contributed by atoms with van der Waals surface area (Å²) >= 11 is 0. The Balaban J connectivity index is 1.80. The molecule has 2 unspecified atom stereocenters. The van der Waals surface area contributed by atoms with E-state index in [1.54, 1.807) is 0 Å². The van der Waals surface area contributed by atoms with Crippen LogP contribution in [0, 0.1) is 19.8 Å². The van der Waals surface area contributed by atoms with Gasteiger partial charge in [0.2, 0.25) is 5.95 Å². The van der Waals surface area contributed by atoms with E-state index in [1.165, 1.54) is 12.8 Å². The van der Waals surface area contributed by atoms with E-state index in [0.29, 0.717) is 5.92 Å². The molecule has 1 N–H and O–H groups in total. The Kier molecular flexibility index (Phi) is 3.21. The van der Waals surface area contributed by atoms with Gasteiger partial charge in [-0.1, -0.05) is 12.8 Å². The molecule has 0 radical (unpaired) electrons. The van der Waals surface area contributed by atoms with E-state index in [4.69, 9.17) is 0 Å². The minimum atomic E-state index is -0.423. The third-order valence-corrected chi connectivity index (χ3v) is 4.68. The maximum Gasteiger partial charge on any atom is 0.225 e. The first kappa shape index (κ1) is 12.9. The zero-order chi connectivity index (χ0) is 13.5. The maximum absolute atomic E-state index is 10.7. The predicted octanol–water partition coefficient (Wildman–Crippen LogP) is 2.22. The van der Waals surface area contributed by atoms with E-state index >= 15 is 0 Å². The van der Waals surface area contributed by atoms with Gasteiger partial charge < -0.3 is 10.0 Å². The number of piperidine rings is 1. The van der Waals surface area contributed by atoms with Gasteiger partial charge in [-0.3, -0.25) is 0 Å². The number of aromatic nitrogens is 2. The van der Waals surface area contributed by atoms with Gasteiger partial charge in [-0.25, -0.2) is 9.97 Å². The molecule has 1 aliphatic carbocycles. The summed E-state index contributed by atoms with van der Waals surface area (Å²) in [5, 5.41) is 10.7. The van der Waals surface area contributed by atoms with Gasteiger partial charge in [0, 0.05) is 30.4 Å². The van der Waals surface area contributed by atoms with Crippen LogP contribution in [-0.4, -0.2) is 33.8 Å². The van der Waals surface area contributed by atoms with Crippen molar-refractivity contribution in [2.24, 2.45) is 5.92 Å². The van der Waals surface area contributed by atoms with Crippen molar-refractivity contribution in [1.82, 2.24) is 9.97 Å². The van der Waals surface area contributed by atoms with Gasteiger partial charge in [0.15, 0.2) is 0 Å². The van der Waals surface area contributed by atoms with Crippen molar-refractivity contribution < 1.29 is 5.11 Å². The number of fused-ring (bicyclic) bond motifs is 1. The van der Waals surface area contributed by atoms with Gasteiger partial charge in [0.25, 0.3) is 0 Å². The highest BCUT2D eigenvalue weighted by molar-refractivity contribution is 5.34. The predicted molar refractivity (Wildman–Crippen MR) is 75.2 cm³/mol. The van der Waals surface area contributed by atoms with Crippen LogP contribution in [0.1, 0.15) is 43.5 Å². The molecule has 0 spiro atoms. The number of hydrogen-bond donors (Lipinski definition) is 1. The lowest BCUT2D eigenvalue weighted by molar-refractivity contribution is -0.0614. The van der Waals surface area contributed by atoms with Crippen molar-refractivity contribution in [3.63, 3.8) is 0 Å². The Morgan fingerprint density at radius 2 is 1.95 bits per heavy atom. The molecule has 3 rings (SSSR count). The first-order valence-corrected chi connectivity index (χ1v) is 7.36. The van der Waals surface area contributed by atoms with Gasteiger partial charge in [-0.05, 0) is 39.2 Å². The maximum atomic E-state index is 10.7. The fourth-order valence-corrected chi connectivity index (χ4v) is 3.60. The van der Waals surface area contributed by atoms with Gasteiger partial charge in [-0.15, -0.1) is 0 Å². The molecule has 1 aromatic heterocycles. The second-order valence-corrected chi connectivity index (χ2v) is 6.19. The van der Waals surface area contributed by atoms with E-state index in [-0.39, 0.29) is 0 Å². The first-order valence-electron chi connectivity index (χ1n) is 7.36. The van der Waals surface area contributed by atoms with Crippen LogP contribution in [-0.2, 0) is 0 Å². The van der Waals surface area contributed by atoms with Crippen molar-refractivity contribution in [2.75, 3.05) is 18.0 Å². The normalized spacial score (nSPS) is 31.1. The van der Waals surface area contributed by atoms with Crippen molar-refractivity contribution in [3.8, 4) is 0 Å². The highest BCUT2D eigenvalue weighted by atomic mass is 16.3. The van der Waals surface area contributed by atoms with E-state index < -0.39 is 5.60 Å². The molecule has 2 aliphatic rings. The van der Waals surface area contributed by atoms with Crippen molar-refractivity contribution in [3.05, 3.63) is 17.5 Å². The van der Waals surface area contributed by atoms with Crippen LogP contribution in [0.4, 0.5) is 5.95 Å². The number of anilines is 1. The lowest BCUT2D eigenvalue weighted by atomic mass is 9.71. The fourth-order valence-electron chi connectivity index (χ4n) is 3.60. The Hall–Kier alpha value is -1.16. The quantitative estimate of drug-likeness (QED) is 0.842. The second-order valence-electron chi connectivity index (χ2n) is 6.19. The number of aryl methyl sites for hydroxylation is 2. The van der Waals surface area contributed by atoms with Gasteiger partial charge in [-0.2, -0.15) is 0 Å². The van der Waals surface area contributed by atoms with Crippen molar-refractivity contribution in [2.45, 2.75) is 51.6 Å². The van der Waals surface area contributed by atoms with Gasteiger partial charge in [0.05, 0.1) is 5.60 Å². The Morgan fingerprint density at radius 1 is 1.21 bits per heavy atom. The standard InChI is InChI=1S/C15H23N3O/c1-11-9-12(2)17-14(16-11)18-8-7-15(19)6-4-3-5-13(15)10-18/h9,13,19H,3-8,10H2,1-2H3. The Morgan fingerprint density at radius 3 is 2.68 bits per heavy atom. The zero-order valence-corrected chi connectivity index (χ0v) is 11.9. The summed E-state index contributed by atoms with van der Waals surface area (Å²) in [5.41, 5.74) is 1.62. The summed E-state index contributed by atoms with van der Waals surface area (Å²) in [5.74, 6) is 1.23. The summed E-state index contributed by atoms with van der Waals surface area (Å²) in [6.07, 6.45) is 5.38. The smallest absolute Gasteiger partial charge is 0.225 e. The molecule has 2 atom stereocenters. The highest BCUT2D eigenvalue weighted by Crippen LogP contribution is 2.40.